The van der Waals surface area contributed by atoms with Gasteiger partial charge in [0.25, 0.3) is 6.61 Å². The average Bonchev–Trinajstić information content (AvgIpc) is 2.14. The normalized spacial score (nSPS) is 27.9. The molecule has 0 spiro atoms. The molecule has 1 atom stereocenters. The van der Waals surface area contributed by atoms with Crippen LogP contribution in [0.1, 0.15) is 0 Å². The molecular weight excluding hydrogens is 94.0 g/mol. The van der Waals surface area contributed by atoms with Crippen LogP contribution in [-0.4, -0.2) is 19.7 Å². The van der Waals surface area contributed by atoms with Gasteiger partial charge < -0.3 is 9.47 Å². The fourth-order valence-electron chi connectivity index (χ4n) is 0.314. The topological polar surface area (TPSA) is 30.8 Å². The Morgan fingerprint density at radius 1 is 2.00 bits per heavy atom. The highest BCUT2D eigenvalue weighted by Crippen LogP contribution is 2.02. The summed E-state index contributed by atoms with van der Waals surface area (Å²) in [5, 5.41) is 0. The van der Waals surface area contributed by atoms with E-state index in [2.05, 4.69) is 21.1 Å². The van der Waals surface area contributed by atoms with Crippen molar-refractivity contribution in [2.75, 3.05) is 7.11 Å². The maximum Gasteiger partial charge on any atom is 0.252 e. The van der Waals surface area contributed by atoms with Crippen molar-refractivity contribution < 1.29 is 9.47 Å². The number of methoxy groups -OCH3 is 1. The van der Waals surface area contributed by atoms with E-state index in [-0.39, 0.29) is 6.23 Å². The van der Waals surface area contributed by atoms with Gasteiger partial charge in [0.15, 0.2) is 12.6 Å². The first-order valence-electron chi connectivity index (χ1n) is 1.89. The summed E-state index contributed by atoms with van der Waals surface area (Å²) >= 11 is 0. The van der Waals surface area contributed by atoms with Gasteiger partial charge in [-0.3, -0.25) is 0 Å². The maximum atomic E-state index is 4.68. The zero-order valence-electron chi connectivity index (χ0n) is 3.92. The molecule has 1 aliphatic rings. The van der Waals surface area contributed by atoms with Crippen molar-refractivity contribution in [2.45, 2.75) is 6.23 Å². The van der Waals surface area contributed by atoms with E-state index in [0.29, 0.717) is 0 Å². The van der Waals surface area contributed by atoms with E-state index in [9.17, 15) is 0 Å². The Morgan fingerprint density at radius 2 is 2.86 bits per heavy atom. The molecule has 2 radical (unpaired) electrons. The summed E-state index contributed by atoms with van der Waals surface area (Å²) in [5.41, 5.74) is 0. The highest BCUT2D eigenvalue weighted by Gasteiger charge is 2.10. The molecule has 0 saturated heterocycles. The lowest BCUT2D eigenvalue weighted by Crippen LogP contribution is -2.01. The molecule has 3 nitrogen and oxygen atoms in total. The molecule has 1 unspecified atom stereocenters. The molecule has 0 saturated carbocycles. The largest absolute Gasteiger partial charge is 0.463 e. The van der Waals surface area contributed by atoms with Crippen molar-refractivity contribution >= 4 is 6.40 Å². The summed E-state index contributed by atoms with van der Waals surface area (Å²) in [5.74, 6) is 0. The highest BCUT2D eigenvalue weighted by molar-refractivity contribution is 5.49. The van der Waals surface area contributed by atoms with Crippen LogP contribution in [0.2, 0.25) is 0 Å². The highest BCUT2D eigenvalue weighted by atomic mass is 16.5. The smallest absolute Gasteiger partial charge is 0.252 e. The van der Waals surface area contributed by atoms with Crippen LogP contribution in [0.4, 0.5) is 0 Å². The van der Waals surface area contributed by atoms with Crippen molar-refractivity contribution in [2.24, 2.45) is 4.99 Å². The number of nitrogens with zero attached hydrogens (tertiary/aromatic N) is 1. The van der Waals surface area contributed by atoms with Crippen LogP contribution in [-0.2, 0) is 9.47 Å². The summed E-state index contributed by atoms with van der Waals surface area (Å²) in [6, 6.07) is 0. The number of ether oxygens (including phenoxy) is 2. The summed E-state index contributed by atoms with van der Waals surface area (Å²) < 4.78 is 9.16. The van der Waals surface area contributed by atoms with Gasteiger partial charge >= 0.3 is 0 Å². The number of hydrogen-bond donors (Lipinski definition) is 0. The van der Waals surface area contributed by atoms with Crippen LogP contribution in [0.5, 0.6) is 0 Å². The summed E-state index contributed by atoms with van der Waals surface area (Å²) in [6.45, 7) is 2.46. The Labute approximate surface area is 42.0 Å². The third-order valence-electron chi connectivity index (χ3n) is 0.641. The lowest BCUT2D eigenvalue weighted by molar-refractivity contribution is 0.116. The van der Waals surface area contributed by atoms with Crippen LogP contribution in [0.3, 0.4) is 0 Å². The molecule has 1 aliphatic heterocycles. The maximum absolute atomic E-state index is 4.68. The second-order valence-electron chi connectivity index (χ2n) is 1.08. The number of hydrogen-bond acceptors (Lipinski definition) is 3. The predicted octanol–water partition coefficient (Wildman–Crippen LogP) is 0.0562. The first kappa shape index (κ1) is 4.59. The van der Waals surface area contributed by atoms with Crippen LogP contribution in [0, 0.1) is 6.61 Å². The van der Waals surface area contributed by atoms with Gasteiger partial charge in [0, 0.05) is 7.11 Å². The average molecular weight is 99.1 g/mol. The monoisotopic (exact) mass is 99.0 g/mol. The molecule has 0 aliphatic carbocycles. The molecule has 0 aromatic rings. The summed E-state index contributed by atoms with van der Waals surface area (Å²) in [4.78, 5) is 3.67. The second kappa shape index (κ2) is 1.93. The van der Waals surface area contributed by atoms with Gasteiger partial charge in [-0.05, 0) is 0 Å². The van der Waals surface area contributed by atoms with E-state index in [1.54, 1.807) is 7.11 Å². The Balaban J connectivity index is 2.28. The van der Waals surface area contributed by atoms with E-state index < -0.39 is 0 Å². The number of rotatable bonds is 1. The number of aliphatic imine (C=N–C) groups is 1. The first-order valence-corrected chi connectivity index (χ1v) is 1.89. The van der Waals surface area contributed by atoms with Gasteiger partial charge in [-0.2, -0.15) is 0 Å². The van der Waals surface area contributed by atoms with Gasteiger partial charge in [-0.1, -0.05) is 0 Å². The zero-order chi connectivity index (χ0) is 5.11. The first-order chi connectivity index (χ1) is 3.43. The van der Waals surface area contributed by atoms with E-state index in [1.165, 1.54) is 6.40 Å². The van der Waals surface area contributed by atoms with Crippen LogP contribution >= 0.6 is 0 Å². The lowest BCUT2D eigenvalue weighted by atomic mass is 10.6. The minimum Gasteiger partial charge on any atom is -0.463 e. The van der Waals surface area contributed by atoms with Gasteiger partial charge in [0.05, 0.1) is 0 Å². The molecule has 1 rings (SSSR count). The standard InChI is InChI=1S/C4H5NO2/c1-6-4-2-7-3-5-4/h3-4H,1H3. The van der Waals surface area contributed by atoms with Gasteiger partial charge in [-0.15, -0.1) is 0 Å². The molecule has 0 aromatic heterocycles. The van der Waals surface area contributed by atoms with Gasteiger partial charge in [0.2, 0.25) is 0 Å². The zero-order valence-corrected chi connectivity index (χ0v) is 3.92. The fraction of sp³-hybridized carbons (Fsp3) is 0.500. The minimum absolute atomic E-state index is 0.306. The van der Waals surface area contributed by atoms with Crippen molar-refractivity contribution in [1.82, 2.24) is 0 Å². The van der Waals surface area contributed by atoms with Crippen LogP contribution < -0.4 is 0 Å². The quantitative estimate of drug-likeness (QED) is 0.465. The van der Waals surface area contributed by atoms with Crippen LogP contribution in [0.15, 0.2) is 4.99 Å². The molecule has 0 N–H and O–H groups in total. The Bertz CT molecular complexity index is 81.8. The Hall–Kier alpha value is -0.570. The van der Waals surface area contributed by atoms with E-state index in [4.69, 9.17) is 0 Å². The van der Waals surface area contributed by atoms with E-state index >= 15 is 0 Å². The van der Waals surface area contributed by atoms with Crippen molar-refractivity contribution in [3.63, 3.8) is 0 Å². The molecule has 0 fully saturated rings. The molecule has 0 aromatic carbocycles. The Morgan fingerprint density at radius 3 is 3.14 bits per heavy atom. The van der Waals surface area contributed by atoms with E-state index in [1.807, 2.05) is 0 Å². The molecular formula is C4H5NO2. The third kappa shape index (κ3) is 0.899. The Kier molecular flexibility index (Phi) is 1.26. The molecule has 1 heterocycles. The predicted molar refractivity (Wildman–Crippen MR) is 23.6 cm³/mol. The van der Waals surface area contributed by atoms with Gasteiger partial charge in [-0.25, -0.2) is 4.99 Å². The molecule has 38 valence electrons. The minimum atomic E-state index is -0.306. The van der Waals surface area contributed by atoms with Crippen molar-refractivity contribution in [1.29, 1.82) is 0 Å². The van der Waals surface area contributed by atoms with Crippen molar-refractivity contribution in [3.05, 3.63) is 6.61 Å². The van der Waals surface area contributed by atoms with Crippen molar-refractivity contribution in [3.8, 4) is 0 Å². The summed E-state index contributed by atoms with van der Waals surface area (Å²) in [7, 11) is 1.55. The lowest BCUT2D eigenvalue weighted by Gasteiger charge is -1.95. The molecule has 0 bridgehead atoms. The van der Waals surface area contributed by atoms with Crippen LogP contribution in [0.25, 0.3) is 0 Å². The summed E-state index contributed by atoms with van der Waals surface area (Å²) in [6.07, 6.45) is 0.994. The fourth-order valence-corrected chi connectivity index (χ4v) is 0.314. The third-order valence-corrected chi connectivity index (χ3v) is 0.641. The molecule has 3 heteroatoms. The molecule has 7 heavy (non-hydrogen) atoms. The van der Waals surface area contributed by atoms with Gasteiger partial charge in [0.1, 0.15) is 0 Å². The second-order valence-corrected chi connectivity index (χ2v) is 1.08. The SMILES string of the molecule is COC1[C]OC=N1. The molecule has 0 amide bonds. The van der Waals surface area contributed by atoms with E-state index in [0.717, 1.165) is 0 Å².